The van der Waals surface area contributed by atoms with E-state index < -0.39 is 0 Å². The van der Waals surface area contributed by atoms with E-state index in [4.69, 9.17) is 5.26 Å². The van der Waals surface area contributed by atoms with Gasteiger partial charge in [0.05, 0.1) is 11.6 Å². The molecule has 21 heavy (non-hydrogen) atoms. The van der Waals surface area contributed by atoms with Crippen LogP contribution in [0.3, 0.4) is 0 Å². The minimum atomic E-state index is 0.484. The summed E-state index contributed by atoms with van der Waals surface area (Å²) < 4.78 is 0. The molecule has 0 radical (unpaired) electrons. The van der Waals surface area contributed by atoms with Gasteiger partial charge in [0.2, 0.25) is 0 Å². The summed E-state index contributed by atoms with van der Waals surface area (Å²) in [6, 6.07) is 16.3. The molecule has 2 heterocycles. The minimum Gasteiger partial charge on any atom is -0.382 e. The molecule has 4 nitrogen and oxygen atoms in total. The number of piperidine rings is 1. The van der Waals surface area contributed by atoms with Crippen LogP contribution in [-0.2, 0) is 0 Å². The zero-order chi connectivity index (χ0) is 14.5. The summed E-state index contributed by atoms with van der Waals surface area (Å²) in [6.45, 7) is 2.04. The lowest BCUT2D eigenvalue weighted by atomic mass is 10.0. The van der Waals surface area contributed by atoms with Crippen LogP contribution in [0.25, 0.3) is 0 Å². The summed E-state index contributed by atoms with van der Waals surface area (Å²) in [6.07, 6.45) is 4.03. The third-order valence-corrected chi connectivity index (χ3v) is 3.85. The molecule has 0 aliphatic carbocycles. The lowest BCUT2D eigenvalue weighted by Crippen LogP contribution is -2.39. The van der Waals surface area contributed by atoms with Crippen molar-refractivity contribution >= 4 is 11.5 Å². The van der Waals surface area contributed by atoms with Gasteiger partial charge >= 0.3 is 0 Å². The van der Waals surface area contributed by atoms with E-state index in [1.54, 1.807) is 0 Å². The van der Waals surface area contributed by atoms with Gasteiger partial charge in [0, 0.05) is 31.0 Å². The van der Waals surface area contributed by atoms with Crippen molar-refractivity contribution in [3.63, 3.8) is 0 Å². The van der Waals surface area contributed by atoms with Crippen LogP contribution in [0.5, 0.6) is 0 Å². The van der Waals surface area contributed by atoms with Gasteiger partial charge in [-0.15, -0.1) is 0 Å². The normalized spacial score (nSPS) is 15.5. The Bertz CT molecular complexity index is 607. The molecular weight excluding hydrogens is 260 g/mol. The predicted molar refractivity (Wildman–Crippen MR) is 84.3 cm³/mol. The van der Waals surface area contributed by atoms with Crippen molar-refractivity contribution in [2.75, 3.05) is 23.3 Å². The van der Waals surface area contributed by atoms with Gasteiger partial charge in [-0.1, -0.05) is 6.07 Å². The second-order valence-electron chi connectivity index (χ2n) is 5.28. The molecule has 2 aromatic rings. The van der Waals surface area contributed by atoms with E-state index in [0.29, 0.717) is 11.6 Å². The van der Waals surface area contributed by atoms with Crippen LogP contribution in [0.2, 0.25) is 0 Å². The fraction of sp³-hybridized carbons (Fsp3) is 0.294. The van der Waals surface area contributed by atoms with Crippen LogP contribution in [0.4, 0.5) is 11.5 Å². The Morgan fingerprint density at radius 3 is 2.48 bits per heavy atom. The molecular formula is C17H18N4. The quantitative estimate of drug-likeness (QED) is 0.937. The Balaban J connectivity index is 1.55. The SMILES string of the molecule is N#Cc1ccc(NC2CCN(c3ccccn3)CC2)cc1. The second-order valence-corrected chi connectivity index (χ2v) is 5.28. The Kier molecular flexibility index (Phi) is 4.02. The van der Waals surface area contributed by atoms with Crippen molar-refractivity contribution in [2.45, 2.75) is 18.9 Å². The molecule has 4 heteroatoms. The molecule has 0 spiro atoms. The first-order valence-corrected chi connectivity index (χ1v) is 7.28. The Morgan fingerprint density at radius 1 is 1.10 bits per heavy atom. The van der Waals surface area contributed by atoms with E-state index in [0.717, 1.165) is 37.4 Å². The van der Waals surface area contributed by atoms with Gasteiger partial charge in [0.15, 0.2) is 0 Å². The van der Waals surface area contributed by atoms with Gasteiger partial charge in [0.1, 0.15) is 5.82 Å². The third kappa shape index (κ3) is 3.32. The highest BCUT2D eigenvalue weighted by atomic mass is 15.2. The zero-order valence-corrected chi connectivity index (χ0v) is 11.9. The van der Waals surface area contributed by atoms with Gasteiger partial charge in [0.25, 0.3) is 0 Å². The number of hydrogen-bond acceptors (Lipinski definition) is 4. The average Bonchev–Trinajstić information content (AvgIpc) is 2.57. The van der Waals surface area contributed by atoms with Crippen LogP contribution < -0.4 is 10.2 Å². The van der Waals surface area contributed by atoms with Gasteiger partial charge < -0.3 is 10.2 Å². The fourth-order valence-electron chi connectivity index (χ4n) is 2.67. The summed E-state index contributed by atoms with van der Waals surface area (Å²) in [5.74, 6) is 1.06. The molecule has 0 saturated carbocycles. The molecule has 3 rings (SSSR count). The van der Waals surface area contributed by atoms with Crippen molar-refractivity contribution in [1.82, 2.24) is 4.98 Å². The first-order valence-electron chi connectivity index (χ1n) is 7.28. The summed E-state index contributed by atoms with van der Waals surface area (Å²) >= 11 is 0. The fourth-order valence-corrected chi connectivity index (χ4v) is 2.67. The van der Waals surface area contributed by atoms with Crippen molar-refractivity contribution in [2.24, 2.45) is 0 Å². The highest BCUT2D eigenvalue weighted by Gasteiger charge is 2.19. The number of anilines is 2. The van der Waals surface area contributed by atoms with Crippen LogP contribution in [-0.4, -0.2) is 24.1 Å². The maximum Gasteiger partial charge on any atom is 0.128 e. The van der Waals surface area contributed by atoms with Crippen molar-refractivity contribution < 1.29 is 0 Å². The molecule has 1 N–H and O–H groups in total. The molecule has 1 aromatic carbocycles. The van der Waals surface area contributed by atoms with Gasteiger partial charge in [-0.3, -0.25) is 0 Å². The number of pyridine rings is 1. The van der Waals surface area contributed by atoms with Crippen LogP contribution in [0.1, 0.15) is 18.4 Å². The molecule has 1 fully saturated rings. The molecule has 1 aromatic heterocycles. The summed E-state index contributed by atoms with van der Waals surface area (Å²) in [7, 11) is 0. The number of aromatic nitrogens is 1. The molecule has 0 atom stereocenters. The summed E-state index contributed by atoms with van der Waals surface area (Å²) in [5, 5.41) is 12.4. The lowest BCUT2D eigenvalue weighted by Gasteiger charge is -2.33. The van der Waals surface area contributed by atoms with E-state index in [1.807, 2.05) is 42.6 Å². The molecule has 1 aliphatic rings. The monoisotopic (exact) mass is 278 g/mol. The third-order valence-electron chi connectivity index (χ3n) is 3.85. The van der Waals surface area contributed by atoms with Crippen LogP contribution in [0, 0.1) is 11.3 Å². The Morgan fingerprint density at radius 2 is 1.86 bits per heavy atom. The van der Waals surface area contributed by atoms with Crippen molar-refractivity contribution in [3.05, 3.63) is 54.2 Å². The number of rotatable bonds is 3. The largest absolute Gasteiger partial charge is 0.382 e. The smallest absolute Gasteiger partial charge is 0.128 e. The maximum absolute atomic E-state index is 8.81. The van der Waals surface area contributed by atoms with Crippen LogP contribution >= 0.6 is 0 Å². The van der Waals surface area contributed by atoms with E-state index in [2.05, 4.69) is 27.3 Å². The molecule has 0 unspecified atom stereocenters. The van der Waals surface area contributed by atoms with E-state index in [1.165, 1.54) is 0 Å². The van der Waals surface area contributed by atoms with Crippen LogP contribution in [0.15, 0.2) is 48.7 Å². The first kappa shape index (κ1) is 13.4. The zero-order valence-electron chi connectivity index (χ0n) is 11.9. The van der Waals surface area contributed by atoms with Gasteiger partial charge in [-0.2, -0.15) is 5.26 Å². The minimum absolute atomic E-state index is 0.484. The number of hydrogen-bond donors (Lipinski definition) is 1. The van der Waals surface area contributed by atoms with E-state index >= 15 is 0 Å². The number of nitrogens with zero attached hydrogens (tertiary/aromatic N) is 3. The number of nitrogens with one attached hydrogen (secondary N) is 1. The van der Waals surface area contributed by atoms with Crippen molar-refractivity contribution in [1.29, 1.82) is 5.26 Å². The Labute approximate surface area is 125 Å². The number of nitriles is 1. The van der Waals surface area contributed by atoms with E-state index in [9.17, 15) is 0 Å². The highest BCUT2D eigenvalue weighted by Crippen LogP contribution is 2.20. The standard InChI is InChI=1S/C17H18N4/c18-13-14-4-6-15(7-5-14)20-16-8-11-21(12-9-16)17-3-1-2-10-19-17/h1-7,10,16,20H,8-9,11-12H2. The van der Waals surface area contributed by atoms with Gasteiger partial charge in [-0.25, -0.2) is 4.98 Å². The highest BCUT2D eigenvalue weighted by molar-refractivity contribution is 5.48. The molecule has 106 valence electrons. The topological polar surface area (TPSA) is 52.0 Å². The molecule has 0 bridgehead atoms. The number of benzene rings is 1. The van der Waals surface area contributed by atoms with Crippen molar-refractivity contribution in [3.8, 4) is 6.07 Å². The lowest BCUT2D eigenvalue weighted by molar-refractivity contribution is 0.523. The maximum atomic E-state index is 8.81. The van der Waals surface area contributed by atoms with E-state index in [-0.39, 0.29) is 0 Å². The first-order chi connectivity index (χ1) is 10.3. The predicted octanol–water partition coefficient (Wildman–Crippen LogP) is 3.03. The second kappa shape index (κ2) is 6.27. The Hall–Kier alpha value is -2.54. The molecule has 1 saturated heterocycles. The average molecular weight is 278 g/mol. The van der Waals surface area contributed by atoms with Gasteiger partial charge in [-0.05, 0) is 49.2 Å². The summed E-state index contributed by atoms with van der Waals surface area (Å²) in [5.41, 5.74) is 1.79. The molecule has 0 amide bonds. The molecule has 1 aliphatic heterocycles. The summed E-state index contributed by atoms with van der Waals surface area (Å²) in [4.78, 5) is 6.74.